The average molecular weight is 250 g/mol. The number of carboxylic acids is 1. The third-order valence-corrected chi connectivity index (χ3v) is 2.66. The Morgan fingerprint density at radius 3 is 2.44 bits per heavy atom. The summed E-state index contributed by atoms with van der Waals surface area (Å²) in [4.78, 5) is 22.8. The molecule has 0 spiro atoms. The van der Waals surface area contributed by atoms with Gasteiger partial charge < -0.3 is 16.2 Å². The number of rotatable bonds is 6. The van der Waals surface area contributed by atoms with Crippen molar-refractivity contribution in [3.05, 3.63) is 35.9 Å². The minimum Gasteiger partial charge on any atom is -0.479 e. The van der Waals surface area contributed by atoms with Gasteiger partial charge in [0.1, 0.15) is 0 Å². The van der Waals surface area contributed by atoms with Crippen molar-refractivity contribution in [2.75, 3.05) is 0 Å². The van der Waals surface area contributed by atoms with E-state index in [1.54, 1.807) is 30.3 Å². The molecule has 0 fully saturated rings. The lowest BCUT2D eigenvalue weighted by molar-refractivity contribution is -0.142. The van der Waals surface area contributed by atoms with E-state index < -0.39 is 12.0 Å². The third-order valence-electron chi connectivity index (χ3n) is 2.66. The fourth-order valence-electron chi connectivity index (χ4n) is 1.54. The maximum atomic E-state index is 11.6. The van der Waals surface area contributed by atoms with Crippen LogP contribution in [0.1, 0.15) is 31.4 Å². The topological polar surface area (TPSA) is 92.4 Å². The van der Waals surface area contributed by atoms with E-state index in [0.29, 0.717) is 12.0 Å². The highest BCUT2D eigenvalue weighted by Gasteiger charge is 2.22. The van der Waals surface area contributed by atoms with Crippen molar-refractivity contribution in [2.24, 2.45) is 5.73 Å². The number of benzene rings is 1. The van der Waals surface area contributed by atoms with E-state index >= 15 is 0 Å². The second kappa shape index (κ2) is 6.76. The molecular formula is C13H18N2O3. The first-order valence-electron chi connectivity index (χ1n) is 5.87. The lowest BCUT2D eigenvalue weighted by Crippen LogP contribution is -2.37. The number of nitrogens with two attached hydrogens (primary N) is 1. The van der Waals surface area contributed by atoms with Crippen LogP contribution in [0.2, 0.25) is 0 Å². The summed E-state index contributed by atoms with van der Waals surface area (Å²) < 4.78 is 0. The Morgan fingerprint density at radius 1 is 1.33 bits per heavy atom. The van der Waals surface area contributed by atoms with Gasteiger partial charge in [-0.05, 0) is 12.0 Å². The molecule has 1 rings (SSSR count). The van der Waals surface area contributed by atoms with Crippen LogP contribution in [0, 0.1) is 0 Å². The summed E-state index contributed by atoms with van der Waals surface area (Å²) in [6.45, 7) is 1.88. The highest BCUT2D eigenvalue weighted by molar-refractivity contribution is 5.84. The lowest BCUT2D eigenvalue weighted by atomic mass is 10.1. The van der Waals surface area contributed by atoms with Crippen LogP contribution in [0.3, 0.4) is 0 Å². The zero-order chi connectivity index (χ0) is 13.5. The lowest BCUT2D eigenvalue weighted by Gasteiger charge is -2.16. The molecule has 0 saturated heterocycles. The quantitative estimate of drug-likeness (QED) is 0.703. The van der Waals surface area contributed by atoms with Gasteiger partial charge in [0.15, 0.2) is 6.04 Å². The van der Waals surface area contributed by atoms with Crippen molar-refractivity contribution >= 4 is 11.9 Å². The third kappa shape index (κ3) is 4.18. The largest absolute Gasteiger partial charge is 0.479 e. The number of carboxylic acid groups (broad SMARTS) is 1. The Morgan fingerprint density at radius 2 is 1.94 bits per heavy atom. The van der Waals surface area contributed by atoms with E-state index in [0.717, 1.165) is 0 Å². The summed E-state index contributed by atoms with van der Waals surface area (Å²) in [6, 6.07) is 7.32. The van der Waals surface area contributed by atoms with Crippen LogP contribution >= 0.6 is 0 Å². The van der Waals surface area contributed by atoms with Crippen LogP contribution in [0.5, 0.6) is 0 Å². The van der Waals surface area contributed by atoms with Gasteiger partial charge in [-0.25, -0.2) is 4.79 Å². The molecular weight excluding hydrogens is 232 g/mol. The smallest absolute Gasteiger partial charge is 0.330 e. The van der Waals surface area contributed by atoms with Crippen LogP contribution in [-0.2, 0) is 9.59 Å². The molecule has 18 heavy (non-hydrogen) atoms. The Labute approximate surface area is 106 Å². The zero-order valence-corrected chi connectivity index (χ0v) is 10.3. The number of aliphatic carboxylic acids is 1. The van der Waals surface area contributed by atoms with Crippen molar-refractivity contribution in [1.29, 1.82) is 0 Å². The molecule has 1 aromatic carbocycles. The number of nitrogens with one attached hydrogen (secondary N) is 1. The van der Waals surface area contributed by atoms with Crippen molar-refractivity contribution in [3.63, 3.8) is 0 Å². The van der Waals surface area contributed by atoms with E-state index in [9.17, 15) is 9.59 Å². The molecule has 2 atom stereocenters. The van der Waals surface area contributed by atoms with Crippen LogP contribution in [0.4, 0.5) is 0 Å². The van der Waals surface area contributed by atoms with Gasteiger partial charge in [-0.1, -0.05) is 37.3 Å². The molecule has 0 radical (unpaired) electrons. The minimum absolute atomic E-state index is 0.132. The summed E-state index contributed by atoms with van der Waals surface area (Å²) in [5.41, 5.74) is 6.20. The normalized spacial score (nSPS) is 13.7. The van der Waals surface area contributed by atoms with Crippen molar-refractivity contribution in [1.82, 2.24) is 5.32 Å². The number of carbonyl (C=O) groups is 2. The molecule has 0 bridgehead atoms. The van der Waals surface area contributed by atoms with Crippen molar-refractivity contribution in [3.8, 4) is 0 Å². The van der Waals surface area contributed by atoms with Crippen LogP contribution < -0.4 is 11.1 Å². The van der Waals surface area contributed by atoms with Gasteiger partial charge in [0.25, 0.3) is 0 Å². The predicted molar refractivity (Wildman–Crippen MR) is 67.8 cm³/mol. The number of amides is 1. The molecule has 1 unspecified atom stereocenters. The summed E-state index contributed by atoms with van der Waals surface area (Å²) in [5, 5.41) is 11.6. The first-order valence-corrected chi connectivity index (χ1v) is 5.87. The Hall–Kier alpha value is -1.88. The molecule has 0 aliphatic carbocycles. The molecule has 0 aromatic heterocycles. The maximum absolute atomic E-state index is 11.6. The summed E-state index contributed by atoms with van der Waals surface area (Å²) in [6.07, 6.45) is 0.809. The molecule has 98 valence electrons. The van der Waals surface area contributed by atoms with Gasteiger partial charge in [0.2, 0.25) is 5.91 Å². The number of carbonyl (C=O) groups excluding carboxylic acids is 1. The van der Waals surface area contributed by atoms with Gasteiger partial charge in [-0.15, -0.1) is 0 Å². The molecule has 1 aromatic rings. The van der Waals surface area contributed by atoms with Crippen LogP contribution in [-0.4, -0.2) is 23.0 Å². The standard InChI is InChI=1S/C13H18N2O3/c1-2-10(14)8-11(16)15-12(13(17)18)9-6-4-3-5-7-9/h3-7,10,12H,2,8,14H2,1H3,(H,15,16)(H,17,18)/t10?,12-/m1/s1. The van der Waals surface area contributed by atoms with Gasteiger partial charge in [-0.3, -0.25) is 4.79 Å². The van der Waals surface area contributed by atoms with E-state index in [4.69, 9.17) is 10.8 Å². The summed E-state index contributed by atoms with van der Waals surface area (Å²) in [7, 11) is 0. The number of hydrogen-bond donors (Lipinski definition) is 3. The van der Waals surface area contributed by atoms with E-state index in [1.807, 2.05) is 6.92 Å². The summed E-state index contributed by atoms with van der Waals surface area (Å²) >= 11 is 0. The highest BCUT2D eigenvalue weighted by atomic mass is 16.4. The van der Waals surface area contributed by atoms with E-state index in [2.05, 4.69) is 5.32 Å². The highest BCUT2D eigenvalue weighted by Crippen LogP contribution is 2.13. The zero-order valence-electron chi connectivity index (χ0n) is 10.3. The second-order valence-corrected chi connectivity index (χ2v) is 4.12. The fraction of sp³-hybridized carbons (Fsp3) is 0.385. The van der Waals surface area contributed by atoms with Gasteiger partial charge in [-0.2, -0.15) is 0 Å². The molecule has 5 heteroatoms. The molecule has 0 aliphatic heterocycles. The summed E-state index contributed by atoms with van der Waals surface area (Å²) in [5.74, 6) is -1.43. The minimum atomic E-state index is -1.08. The number of hydrogen-bond acceptors (Lipinski definition) is 3. The molecule has 1 amide bonds. The van der Waals surface area contributed by atoms with Crippen LogP contribution in [0.25, 0.3) is 0 Å². The Kier molecular flexibility index (Phi) is 5.32. The first kappa shape index (κ1) is 14.2. The monoisotopic (exact) mass is 250 g/mol. The van der Waals surface area contributed by atoms with E-state index in [1.165, 1.54) is 0 Å². The molecule has 0 aliphatic rings. The Bertz CT molecular complexity index is 406. The molecule has 5 nitrogen and oxygen atoms in total. The predicted octanol–water partition coefficient (Wildman–Crippen LogP) is 1.06. The average Bonchev–Trinajstić information content (AvgIpc) is 2.36. The SMILES string of the molecule is CCC(N)CC(=O)N[C@@H](C(=O)O)c1ccccc1. The van der Waals surface area contributed by atoms with Gasteiger partial charge >= 0.3 is 5.97 Å². The first-order chi connectivity index (χ1) is 8.54. The second-order valence-electron chi connectivity index (χ2n) is 4.12. The maximum Gasteiger partial charge on any atom is 0.330 e. The Balaban J connectivity index is 2.71. The molecule has 0 heterocycles. The van der Waals surface area contributed by atoms with E-state index in [-0.39, 0.29) is 18.4 Å². The van der Waals surface area contributed by atoms with Gasteiger partial charge in [0.05, 0.1) is 0 Å². The fourth-order valence-corrected chi connectivity index (χ4v) is 1.54. The van der Waals surface area contributed by atoms with Crippen molar-refractivity contribution in [2.45, 2.75) is 31.8 Å². The molecule has 4 N–H and O–H groups in total. The van der Waals surface area contributed by atoms with Crippen molar-refractivity contribution < 1.29 is 14.7 Å². The van der Waals surface area contributed by atoms with Gasteiger partial charge in [0, 0.05) is 12.5 Å². The van der Waals surface area contributed by atoms with Crippen LogP contribution in [0.15, 0.2) is 30.3 Å². The molecule has 0 saturated carbocycles.